The molecule has 1 fully saturated rings. The highest BCUT2D eigenvalue weighted by atomic mass is 16.5. The minimum Gasteiger partial charge on any atom is -0.381 e. The van der Waals surface area contributed by atoms with Gasteiger partial charge in [-0.25, -0.2) is 0 Å². The largest absolute Gasteiger partial charge is 0.381 e. The first-order valence-corrected chi connectivity index (χ1v) is 5.48. The van der Waals surface area contributed by atoms with E-state index in [-0.39, 0.29) is 5.92 Å². The van der Waals surface area contributed by atoms with E-state index in [2.05, 4.69) is 4.98 Å². The summed E-state index contributed by atoms with van der Waals surface area (Å²) in [5.41, 5.74) is 2.72. The van der Waals surface area contributed by atoms with Crippen LogP contribution in [-0.4, -0.2) is 30.8 Å². The number of rotatable bonds is 3. The van der Waals surface area contributed by atoms with Gasteiger partial charge in [-0.05, 0) is 25.3 Å². The number of aromatic nitrogens is 1. The van der Waals surface area contributed by atoms with E-state index in [1.54, 1.807) is 6.92 Å². The Kier molecular flexibility index (Phi) is 3.19. The van der Waals surface area contributed by atoms with Gasteiger partial charge in [0.2, 0.25) is 0 Å². The molecule has 1 aliphatic heterocycles. The molecule has 2 heterocycles. The van der Waals surface area contributed by atoms with E-state index in [1.165, 1.54) is 0 Å². The van der Waals surface area contributed by atoms with Crippen molar-refractivity contribution in [3.05, 3.63) is 22.5 Å². The third-order valence-electron chi connectivity index (χ3n) is 3.17. The molecule has 1 aromatic rings. The van der Waals surface area contributed by atoms with Gasteiger partial charge in [-0.2, -0.15) is 0 Å². The predicted octanol–water partition coefficient (Wildman–Crippen LogP) is 1.84. The van der Waals surface area contributed by atoms with Gasteiger partial charge < -0.3 is 9.72 Å². The lowest BCUT2D eigenvalue weighted by atomic mass is 9.95. The number of ether oxygens (including phenoxy) is 1. The Morgan fingerprint density at radius 3 is 2.75 bits per heavy atom. The monoisotopic (exact) mass is 221 g/mol. The van der Waals surface area contributed by atoms with E-state index >= 15 is 0 Å². The summed E-state index contributed by atoms with van der Waals surface area (Å²) in [6, 6.07) is 0. The first-order chi connectivity index (χ1) is 7.77. The highest BCUT2D eigenvalue weighted by molar-refractivity contribution is 5.86. The van der Waals surface area contributed by atoms with Gasteiger partial charge in [-0.1, -0.05) is 0 Å². The van der Waals surface area contributed by atoms with Crippen molar-refractivity contribution in [2.75, 3.05) is 13.2 Å². The summed E-state index contributed by atoms with van der Waals surface area (Å²) in [4.78, 5) is 24.9. The summed E-state index contributed by atoms with van der Waals surface area (Å²) in [5.74, 6) is 0.210. The van der Waals surface area contributed by atoms with Crippen LogP contribution < -0.4 is 0 Å². The number of nitrogens with one attached hydrogen (secondary N) is 1. The molecule has 1 atom stereocenters. The number of hydrogen-bond donors (Lipinski definition) is 1. The second-order valence-corrected chi connectivity index (χ2v) is 4.14. The molecule has 0 saturated carbocycles. The second kappa shape index (κ2) is 4.61. The SMILES string of the molecule is Cc1c(C=O)[nH]c(C2CCCOC2)c1C=O. The van der Waals surface area contributed by atoms with Gasteiger partial charge in [0.1, 0.15) is 0 Å². The van der Waals surface area contributed by atoms with Gasteiger partial charge in [-0.15, -0.1) is 0 Å². The summed E-state index contributed by atoms with van der Waals surface area (Å²) >= 11 is 0. The zero-order valence-corrected chi connectivity index (χ0v) is 9.29. The number of aldehydes is 2. The Morgan fingerprint density at radius 2 is 2.19 bits per heavy atom. The minimum absolute atomic E-state index is 0.210. The van der Waals surface area contributed by atoms with Crippen LogP contribution in [-0.2, 0) is 4.74 Å². The maximum absolute atomic E-state index is 11.0. The molecule has 1 aromatic heterocycles. The first-order valence-electron chi connectivity index (χ1n) is 5.48. The quantitative estimate of drug-likeness (QED) is 0.792. The van der Waals surface area contributed by atoms with Crippen LogP contribution in [0, 0.1) is 6.92 Å². The van der Waals surface area contributed by atoms with Gasteiger partial charge in [-0.3, -0.25) is 9.59 Å². The molecule has 1 aliphatic rings. The minimum atomic E-state index is 0.210. The van der Waals surface area contributed by atoms with Crippen molar-refractivity contribution in [3.8, 4) is 0 Å². The average molecular weight is 221 g/mol. The number of carbonyl (C=O) groups is 2. The van der Waals surface area contributed by atoms with Gasteiger partial charge in [0.05, 0.1) is 12.3 Å². The summed E-state index contributed by atoms with van der Waals surface area (Å²) in [5, 5.41) is 0. The topological polar surface area (TPSA) is 59.2 Å². The molecule has 2 rings (SSSR count). The van der Waals surface area contributed by atoms with Crippen LogP contribution in [0.15, 0.2) is 0 Å². The standard InChI is InChI=1S/C12H15NO3/c1-8-10(5-14)12(13-11(8)6-15)9-3-2-4-16-7-9/h5-6,9,13H,2-4,7H2,1H3. The normalized spacial score (nSPS) is 20.7. The third-order valence-corrected chi connectivity index (χ3v) is 3.17. The highest BCUT2D eigenvalue weighted by Crippen LogP contribution is 2.29. The molecule has 86 valence electrons. The molecule has 1 unspecified atom stereocenters. The number of hydrogen-bond acceptors (Lipinski definition) is 3. The van der Waals surface area contributed by atoms with E-state index in [9.17, 15) is 9.59 Å². The smallest absolute Gasteiger partial charge is 0.166 e. The average Bonchev–Trinajstić information content (AvgIpc) is 2.66. The van der Waals surface area contributed by atoms with E-state index in [0.717, 1.165) is 43.3 Å². The van der Waals surface area contributed by atoms with Crippen LogP contribution in [0.25, 0.3) is 0 Å². The van der Waals surface area contributed by atoms with Crippen molar-refractivity contribution in [2.45, 2.75) is 25.7 Å². The van der Waals surface area contributed by atoms with Gasteiger partial charge in [0.15, 0.2) is 12.6 Å². The Balaban J connectivity index is 2.38. The van der Waals surface area contributed by atoms with Crippen LogP contribution in [0.5, 0.6) is 0 Å². The molecule has 0 bridgehead atoms. The fourth-order valence-corrected chi connectivity index (χ4v) is 2.21. The van der Waals surface area contributed by atoms with Crippen LogP contribution >= 0.6 is 0 Å². The Hall–Kier alpha value is -1.42. The van der Waals surface area contributed by atoms with Crippen LogP contribution in [0.3, 0.4) is 0 Å². The lowest BCUT2D eigenvalue weighted by Gasteiger charge is -2.21. The Bertz CT molecular complexity index is 403. The summed E-state index contributed by atoms with van der Waals surface area (Å²) < 4.78 is 5.39. The van der Waals surface area contributed by atoms with Crippen LogP contribution in [0.2, 0.25) is 0 Å². The molecule has 16 heavy (non-hydrogen) atoms. The molecular weight excluding hydrogens is 206 g/mol. The Morgan fingerprint density at radius 1 is 1.38 bits per heavy atom. The molecule has 0 aliphatic carbocycles. The van der Waals surface area contributed by atoms with E-state index in [4.69, 9.17) is 4.74 Å². The van der Waals surface area contributed by atoms with Crippen molar-refractivity contribution in [3.63, 3.8) is 0 Å². The Labute approximate surface area is 94.0 Å². The van der Waals surface area contributed by atoms with Crippen LogP contribution in [0.4, 0.5) is 0 Å². The van der Waals surface area contributed by atoms with Crippen molar-refractivity contribution in [1.82, 2.24) is 4.98 Å². The molecule has 0 radical (unpaired) electrons. The second-order valence-electron chi connectivity index (χ2n) is 4.14. The lowest BCUT2D eigenvalue weighted by molar-refractivity contribution is 0.0790. The third kappa shape index (κ3) is 1.80. The van der Waals surface area contributed by atoms with Gasteiger partial charge in [0.25, 0.3) is 0 Å². The summed E-state index contributed by atoms with van der Waals surface area (Å²) in [6.45, 7) is 3.20. The van der Waals surface area contributed by atoms with Crippen molar-refractivity contribution < 1.29 is 14.3 Å². The highest BCUT2D eigenvalue weighted by Gasteiger charge is 2.23. The molecule has 0 aromatic carbocycles. The van der Waals surface area contributed by atoms with E-state index < -0.39 is 0 Å². The maximum Gasteiger partial charge on any atom is 0.166 e. The molecule has 4 heteroatoms. The summed E-state index contributed by atoms with van der Waals surface area (Å²) in [7, 11) is 0. The fourth-order valence-electron chi connectivity index (χ4n) is 2.21. The number of aromatic amines is 1. The van der Waals surface area contributed by atoms with Crippen LogP contribution in [0.1, 0.15) is 50.9 Å². The van der Waals surface area contributed by atoms with Crippen molar-refractivity contribution >= 4 is 12.6 Å². The fraction of sp³-hybridized carbons (Fsp3) is 0.500. The number of H-pyrrole nitrogens is 1. The number of carbonyl (C=O) groups excluding carboxylic acids is 2. The van der Waals surface area contributed by atoms with Crippen molar-refractivity contribution in [2.24, 2.45) is 0 Å². The summed E-state index contributed by atoms with van der Waals surface area (Å²) in [6.07, 6.45) is 3.58. The predicted molar refractivity (Wildman–Crippen MR) is 59.1 cm³/mol. The van der Waals surface area contributed by atoms with Gasteiger partial charge >= 0.3 is 0 Å². The zero-order valence-electron chi connectivity index (χ0n) is 9.29. The molecular formula is C12H15NO3. The first kappa shape index (κ1) is 11.1. The molecule has 4 nitrogen and oxygen atoms in total. The molecule has 0 amide bonds. The maximum atomic E-state index is 11.0. The molecule has 1 saturated heterocycles. The lowest BCUT2D eigenvalue weighted by Crippen LogP contribution is -2.17. The van der Waals surface area contributed by atoms with Gasteiger partial charge in [0, 0.05) is 23.8 Å². The zero-order chi connectivity index (χ0) is 11.5. The van der Waals surface area contributed by atoms with Crippen molar-refractivity contribution in [1.29, 1.82) is 0 Å². The van der Waals surface area contributed by atoms with E-state index in [1.807, 2.05) is 0 Å². The molecule has 1 N–H and O–H groups in total. The molecule has 0 spiro atoms. The van der Waals surface area contributed by atoms with E-state index in [0.29, 0.717) is 17.9 Å².